The maximum absolute atomic E-state index is 12.1. The van der Waals surface area contributed by atoms with E-state index in [0.717, 1.165) is 4.47 Å². The molecule has 20 heavy (non-hydrogen) atoms. The molecule has 104 valence electrons. The van der Waals surface area contributed by atoms with Crippen LogP contribution in [-0.2, 0) is 4.79 Å². The van der Waals surface area contributed by atoms with Gasteiger partial charge in [0.2, 0.25) is 0 Å². The van der Waals surface area contributed by atoms with Crippen molar-refractivity contribution in [2.75, 3.05) is 11.9 Å². The van der Waals surface area contributed by atoms with Crippen LogP contribution in [0.1, 0.15) is 18.4 Å². The predicted molar refractivity (Wildman–Crippen MR) is 75.2 cm³/mol. The van der Waals surface area contributed by atoms with Crippen molar-refractivity contribution in [1.82, 2.24) is 4.90 Å². The lowest BCUT2D eigenvalue weighted by Crippen LogP contribution is -2.42. The zero-order valence-corrected chi connectivity index (χ0v) is 12.1. The SMILES string of the molecule is N#Cc1cc(Br)ccc1NC(=O)N1CCCC1C(=O)O. The highest BCUT2D eigenvalue weighted by molar-refractivity contribution is 9.10. The van der Waals surface area contributed by atoms with Crippen LogP contribution >= 0.6 is 15.9 Å². The maximum atomic E-state index is 12.1. The third-order valence-electron chi connectivity index (χ3n) is 3.14. The normalized spacial score (nSPS) is 17.6. The summed E-state index contributed by atoms with van der Waals surface area (Å²) >= 11 is 3.25. The van der Waals surface area contributed by atoms with E-state index in [1.807, 2.05) is 6.07 Å². The second kappa shape index (κ2) is 5.92. The Kier molecular flexibility index (Phi) is 4.25. The van der Waals surface area contributed by atoms with E-state index in [1.165, 1.54) is 4.90 Å². The Hall–Kier alpha value is -2.07. The number of nitriles is 1. The number of amides is 2. The van der Waals surface area contributed by atoms with Gasteiger partial charge in [0.25, 0.3) is 0 Å². The standard InChI is InChI=1S/C13H12BrN3O3/c14-9-3-4-10(8(6-9)7-15)16-13(20)17-5-1-2-11(17)12(18)19/h3-4,6,11H,1-2,5H2,(H,16,20)(H,18,19). The summed E-state index contributed by atoms with van der Waals surface area (Å²) in [6, 6.07) is 5.60. The number of carbonyl (C=O) groups is 2. The average molecular weight is 338 g/mol. The average Bonchev–Trinajstić information content (AvgIpc) is 2.90. The smallest absolute Gasteiger partial charge is 0.326 e. The molecule has 0 aliphatic carbocycles. The van der Waals surface area contributed by atoms with Crippen LogP contribution in [0.3, 0.4) is 0 Å². The van der Waals surface area contributed by atoms with Crippen LogP contribution in [0.5, 0.6) is 0 Å². The number of rotatable bonds is 2. The van der Waals surface area contributed by atoms with Gasteiger partial charge in [-0.1, -0.05) is 15.9 Å². The van der Waals surface area contributed by atoms with Crippen LogP contribution in [0.2, 0.25) is 0 Å². The van der Waals surface area contributed by atoms with Crippen LogP contribution in [0.15, 0.2) is 22.7 Å². The molecule has 0 bridgehead atoms. The van der Waals surface area contributed by atoms with E-state index in [9.17, 15) is 9.59 Å². The predicted octanol–water partition coefficient (Wildman–Crippen LogP) is 2.40. The van der Waals surface area contributed by atoms with Crippen LogP contribution in [0.25, 0.3) is 0 Å². The molecule has 7 heteroatoms. The van der Waals surface area contributed by atoms with Gasteiger partial charge in [-0.05, 0) is 31.0 Å². The molecule has 1 saturated heterocycles. The van der Waals surface area contributed by atoms with Gasteiger partial charge in [0.05, 0.1) is 11.3 Å². The van der Waals surface area contributed by atoms with Gasteiger partial charge in [0.15, 0.2) is 0 Å². The van der Waals surface area contributed by atoms with Crippen molar-refractivity contribution in [2.45, 2.75) is 18.9 Å². The van der Waals surface area contributed by atoms with Gasteiger partial charge in [0, 0.05) is 11.0 Å². The number of nitrogens with one attached hydrogen (secondary N) is 1. The lowest BCUT2D eigenvalue weighted by Gasteiger charge is -2.22. The number of anilines is 1. The zero-order chi connectivity index (χ0) is 14.7. The van der Waals surface area contributed by atoms with Crippen molar-refractivity contribution in [3.8, 4) is 6.07 Å². The molecule has 1 aromatic rings. The molecular formula is C13H12BrN3O3. The van der Waals surface area contributed by atoms with Gasteiger partial charge >= 0.3 is 12.0 Å². The quantitative estimate of drug-likeness (QED) is 0.866. The van der Waals surface area contributed by atoms with Crippen molar-refractivity contribution in [1.29, 1.82) is 5.26 Å². The third kappa shape index (κ3) is 2.91. The van der Waals surface area contributed by atoms with Crippen LogP contribution in [0, 0.1) is 11.3 Å². The summed E-state index contributed by atoms with van der Waals surface area (Å²) in [6.07, 6.45) is 1.12. The Labute approximate surface area is 124 Å². The van der Waals surface area contributed by atoms with Crippen molar-refractivity contribution in [2.24, 2.45) is 0 Å². The summed E-state index contributed by atoms with van der Waals surface area (Å²) in [7, 11) is 0. The summed E-state index contributed by atoms with van der Waals surface area (Å²) < 4.78 is 0.733. The molecule has 2 N–H and O–H groups in total. The topological polar surface area (TPSA) is 93.4 Å². The number of benzene rings is 1. The monoisotopic (exact) mass is 337 g/mol. The van der Waals surface area contributed by atoms with E-state index in [2.05, 4.69) is 21.2 Å². The Morgan fingerprint density at radius 3 is 2.90 bits per heavy atom. The van der Waals surface area contributed by atoms with Gasteiger partial charge in [-0.3, -0.25) is 0 Å². The van der Waals surface area contributed by atoms with Crippen molar-refractivity contribution in [3.05, 3.63) is 28.2 Å². The number of hydrogen-bond donors (Lipinski definition) is 2. The Bertz CT molecular complexity index is 597. The highest BCUT2D eigenvalue weighted by Crippen LogP contribution is 2.23. The fourth-order valence-corrected chi connectivity index (χ4v) is 2.53. The molecule has 1 aliphatic heterocycles. The van der Waals surface area contributed by atoms with Crippen LogP contribution < -0.4 is 5.32 Å². The number of urea groups is 1. The van der Waals surface area contributed by atoms with E-state index in [4.69, 9.17) is 10.4 Å². The molecule has 2 amide bonds. The number of carbonyl (C=O) groups excluding carboxylic acids is 1. The molecule has 0 saturated carbocycles. The molecule has 0 spiro atoms. The van der Waals surface area contributed by atoms with Crippen LogP contribution in [0.4, 0.5) is 10.5 Å². The largest absolute Gasteiger partial charge is 0.480 e. The highest BCUT2D eigenvalue weighted by atomic mass is 79.9. The van der Waals surface area contributed by atoms with Crippen molar-refractivity contribution < 1.29 is 14.7 Å². The zero-order valence-electron chi connectivity index (χ0n) is 10.5. The first-order chi connectivity index (χ1) is 9.52. The summed E-state index contributed by atoms with van der Waals surface area (Å²) in [5.74, 6) is -1.01. The lowest BCUT2D eigenvalue weighted by molar-refractivity contribution is -0.141. The molecule has 0 aromatic heterocycles. The van der Waals surface area contributed by atoms with E-state index in [0.29, 0.717) is 30.6 Å². The first kappa shape index (κ1) is 14.3. The summed E-state index contributed by atoms with van der Waals surface area (Å²) in [6.45, 7) is 0.404. The van der Waals surface area contributed by atoms with Crippen LogP contribution in [-0.4, -0.2) is 34.6 Å². The number of carboxylic acids is 1. The van der Waals surface area contributed by atoms with Gasteiger partial charge in [-0.2, -0.15) is 5.26 Å². The maximum Gasteiger partial charge on any atom is 0.326 e. The first-order valence-corrected chi connectivity index (χ1v) is 6.82. The van der Waals surface area contributed by atoms with Gasteiger partial charge in [-0.25, -0.2) is 9.59 Å². The number of nitrogens with zero attached hydrogens (tertiary/aromatic N) is 2. The van der Waals surface area contributed by atoms with E-state index >= 15 is 0 Å². The number of halogens is 1. The van der Waals surface area contributed by atoms with Crippen molar-refractivity contribution in [3.63, 3.8) is 0 Å². The molecule has 1 aromatic carbocycles. The Balaban J connectivity index is 2.16. The molecule has 1 heterocycles. The molecule has 1 atom stereocenters. The molecule has 0 radical (unpaired) electrons. The summed E-state index contributed by atoms with van der Waals surface area (Å²) in [5, 5.41) is 20.7. The fraction of sp³-hybridized carbons (Fsp3) is 0.308. The minimum atomic E-state index is -1.01. The molecule has 1 unspecified atom stereocenters. The Morgan fingerprint density at radius 1 is 1.50 bits per heavy atom. The van der Waals surface area contributed by atoms with Gasteiger partial charge in [0.1, 0.15) is 12.1 Å². The second-order valence-corrected chi connectivity index (χ2v) is 5.34. The number of aliphatic carboxylic acids is 1. The third-order valence-corrected chi connectivity index (χ3v) is 3.64. The van der Waals surface area contributed by atoms with Gasteiger partial charge in [-0.15, -0.1) is 0 Å². The Morgan fingerprint density at radius 2 is 2.25 bits per heavy atom. The molecule has 2 rings (SSSR count). The summed E-state index contributed by atoms with van der Waals surface area (Å²) in [4.78, 5) is 24.5. The second-order valence-electron chi connectivity index (χ2n) is 4.42. The fourth-order valence-electron chi connectivity index (χ4n) is 2.17. The minimum Gasteiger partial charge on any atom is -0.480 e. The molecule has 6 nitrogen and oxygen atoms in total. The van der Waals surface area contributed by atoms with Crippen molar-refractivity contribution >= 4 is 33.6 Å². The van der Waals surface area contributed by atoms with E-state index in [1.54, 1.807) is 18.2 Å². The number of hydrogen-bond acceptors (Lipinski definition) is 3. The lowest BCUT2D eigenvalue weighted by atomic mass is 10.2. The number of carboxylic acid groups (broad SMARTS) is 1. The molecule has 1 aliphatic rings. The van der Waals surface area contributed by atoms with E-state index in [-0.39, 0.29) is 0 Å². The molecular weight excluding hydrogens is 326 g/mol. The molecule has 1 fully saturated rings. The summed E-state index contributed by atoms with van der Waals surface area (Å²) in [5.41, 5.74) is 0.690. The number of likely N-dealkylation sites (tertiary alicyclic amines) is 1. The highest BCUT2D eigenvalue weighted by Gasteiger charge is 2.34. The van der Waals surface area contributed by atoms with Gasteiger partial charge < -0.3 is 15.3 Å². The van der Waals surface area contributed by atoms with E-state index < -0.39 is 18.0 Å². The minimum absolute atomic E-state index is 0.318. The first-order valence-electron chi connectivity index (χ1n) is 6.03.